The number of halogens is 1. The zero-order chi connectivity index (χ0) is 15.5. The van der Waals surface area contributed by atoms with Gasteiger partial charge >= 0.3 is 0 Å². The quantitative estimate of drug-likeness (QED) is 0.799. The van der Waals surface area contributed by atoms with Gasteiger partial charge in [-0.2, -0.15) is 0 Å². The molecule has 114 valence electrons. The number of thioether (sulfide) groups is 1. The van der Waals surface area contributed by atoms with Crippen molar-refractivity contribution in [1.82, 2.24) is 10.2 Å². The van der Waals surface area contributed by atoms with E-state index in [1.54, 1.807) is 12.1 Å². The Balaban J connectivity index is 2.02. The summed E-state index contributed by atoms with van der Waals surface area (Å²) >= 11 is 7.39. The Hall–Kier alpha value is -1.05. The summed E-state index contributed by atoms with van der Waals surface area (Å²) in [6, 6.07) is 7.17. The molecule has 0 fully saturated rings. The number of aromatic nitrogens is 2. The lowest BCUT2D eigenvalue weighted by molar-refractivity contribution is 0.509. The molecule has 0 amide bonds. The van der Waals surface area contributed by atoms with Crippen molar-refractivity contribution in [3.05, 3.63) is 35.2 Å². The number of hydrogen-bond acceptors (Lipinski definition) is 6. The molecule has 5 nitrogen and oxygen atoms in total. The Labute approximate surface area is 133 Å². The molecule has 0 N–H and O–H groups in total. The molecular formula is C13H15ClN2O3S2. The molecule has 0 aliphatic rings. The van der Waals surface area contributed by atoms with Gasteiger partial charge in [0, 0.05) is 22.6 Å². The average molecular weight is 347 g/mol. The molecule has 1 aromatic heterocycles. The second-order valence-corrected chi connectivity index (χ2v) is 8.74. The zero-order valence-corrected chi connectivity index (χ0v) is 14.0. The van der Waals surface area contributed by atoms with E-state index in [1.807, 2.05) is 19.1 Å². The minimum absolute atomic E-state index is 0.0628. The Morgan fingerprint density at radius 3 is 2.81 bits per heavy atom. The van der Waals surface area contributed by atoms with Crippen molar-refractivity contribution in [2.24, 2.45) is 0 Å². The lowest BCUT2D eigenvalue weighted by Crippen LogP contribution is -2.06. The van der Waals surface area contributed by atoms with E-state index in [4.69, 9.17) is 16.0 Å². The Bertz CT molecular complexity index is 716. The second kappa shape index (κ2) is 6.81. The number of rotatable bonds is 6. The van der Waals surface area contributed by atoms with E-state index in [1.165, 1.54) is 18.0 Å². The largest absolute Gasteiger partial charge is 0.420 e. The molecule has 0 bridgehead atoms. The van der Waals surface area contributed by atoms with Gasteiger partial charge in [-0.15, -0.1) is 22.0 Å². The van der Waals surface area contributed by atoms with Crippen LogP contribution >= 0.6 is 23.4 Å². The van der Waals surface area contributed by atoms with Crippen molar-refractivity contribution in [2.45, 2.75) is 12.2 Å². The highest BCUT2D eigenvalue weighted by Gasteiger charge is 2.16. The summed E-state index contributed by atoms with van der Waals surface area (Å²) in [6.45, 7) is 1.90. The zero-order valence-electron chi connectivity index (χ0n) is 11.6. The van der Waals surface area contributed by atoms with Crippen LogP contribution in [0.15, 0.2) is 28.7 Å². The van der Waals surface area contributed by atoms with Gasteiger partial charge in [0.15, 0.2) is 0 Å². The van der Waals surface area contributed by atoms with E-state index in [9.17, 15) is 8.42 Å². The highest BCUT2D eigenvalue weighted by molar-refractivity contribution is 8.00. The summed E-state index contributed by atoms with van der Waals surface area (Å²) in [5.74, 6) is 1.51. The van der Waals surface area contributed by atoms with E-state index in [0.717, 1.165) is 5.56 Å². The Kier molecular flexibility index (Phi) is 5.29. The maximum Gasteiger partial charge on any atom is 0.247 e. The molecular weight excluding hydrogens is 332 g/mol. The van der Waals surface area contributed by atoms with E-state index >= 15 is 0 Å². The van der Waals surface area contributed by atoms with Crippen LogP contribution in [-0.4, -0.2) is 36.4 Å². The lowest BCUT2D eigenvalue weighted by atomic mass is 10.2. The van der Waals surface area contributed by atoms with E-state index in [-0.39, 0.29) is 11.0 Å². The van der Waals surface area contributed by atoms with Gasteiger partial charge in [0.05, 0.1) is 11.0 Å². The molecule has 0 aliphatic heterocycles. The van der Waals surface area contributed by atoms with Crippen LogP contribution < -0.4 is 0 Å². The third kappa shape index (κ3) is 5.01. The van der Waals surface area contributed by atoms with Crippen LogP contribution in [0.2, 0.25) is 5.02 Å². The van der Waals surface area contributed by atoms with Crippen LogP contribution in [0.25, 0.3) is 11.5 Å². The third-order valence-electron chi connectivity index (χ3n) is 2.68. The molecule has 0 saturated heterocycles. The number of sulfone groups is 1. The highest BCUT2D eigenvalue weighted by Crippen LogP contribution is 2.30. The first-order valence-corrected chi connectivity index (χ1v) is 9.72. The molecule has 1 aromatic carbocycles. The average Bonchev–Trinajstić information content (AvgIpc) is 2.86. The van der Waals surface area contributed by atoms with Gasteiger partial charge in [0.25, 0.3) is 0 Å². The van der Waals surface area contributed by atoms with E-state index < -0.39 is 9.84 Å². The van der Waals surface area contributed by atoms with Gasteiger partial charge < -0.3 is 4.42 Å². The summed E-state index contributed by atoms with van der Waals surface area (Å²) in [5, 5.41) is 8.54. The molecule has 0 aliphatic carbocycles. The molecule has 2 rings (SSSR count). The van der Waals surface area contributed by atoms with Crippen LogP contribution in [0.5, 0.6) is 0 Å². The number of benzene rings is 1. The van der Waals surface area contributed by atoms with E-state index in [0.29, 0.717) is 22.6 Å². The van der Waals surface area contributed by atoms with Crippen molar-refractivity contribution in [1.29, 1.82) is 0 Å². The molecule has 0 saturated carbocycles. The molecule has 0 spiro atoms. The predicted molar refractivity (Wildman–Crippen MR) is 85.3 cm³/mol. The van der Waals surface area contributed by atoms with Gasteiger partial charge in [-0.1, -0.05) is 17.7 Å². The fourth-order valence-electron chi connectivity index (χ4n) is 1.58. The van der Waals surface area contributed by atoms with Crippen LogP contribution in [0.3, 0.4) is 0 Å². The van der Waals surface area contributed by atoms with Crippen molar-refractivity contribution >= 4 is 33.2 Å². The monoisotopic (exact) mass is 346 g/mol. The van der Waals surface area contributed by atoms with E-state index in [2.05, 4.69) is 10.2 Å². The number of nitrogens with zero attached hydrogens (tertiary/aromatic N) is 2. The summed E-state index contributed by atoms with van der Waals surface area (Å²) < 4.78 is 27.8. The summed E-state index contributed by atoms with van der Waals surface area (Å²) in [5.41, 5.74) is 0.759. The summed E-state index contributed by atoms with van der Waals surface area (Å²) in [7, 11) is -2.95. The lowest BCUT2D eigenvalue weighted by Gasteiger charge is -2.05. The third-order valence-corrected chi connectivity index (χ3v) is 5.26. The maximum absolute atomic E-state index is 11.1. The minimum Gasteiger partial charge on any atom is -0.420 e. The SMILES string of the molecule is C[C@H](SCCS(C)(=O)=O)c1nnc(-c2cccc(Cl)c2)o1. The fourth-order valence-corrected chi connectivity index (χ4v) is 3.96. The molecule has 1 heterocycles. The number of hydrogen-bond donors (Lipinski definition) is 0. The van der Waals surface area contributed by atoms with Gasteiger partial charge in [0.1, 0.15) is 9.84 Å². The van der Waals surface area contributed by atoms with Gasteiger partial charge in [0.2, 0.25) is 11.8 Å². The van der Waals surface area contributed by atoms with Crippen molar-refractivity contribution in [2.75, 3.05) is 17.8 Å². The van der Waals surface area contributed by atoms with Crippen LogP contribution in [0.1, 0.15) is 18.1 Å². The minimum atomic E-state index is -2.95. The maximum atomic E-state index is 11.1. The van der Waals surface area contributed by atoms with Crippen molar-refractivity contribution < 1.29 is 12.8 Å². The molecule has 1 atom stereocenters. The molecule has 21 heavy (non-hydrogen) atoms. The van der Waals surface area contributed by atoms with Crippen molar-refractivity contribution in [3.63, 3.8) is 0 Å². The second-order valence-electron chi connectivity index (χ2n) is 4.60. The first-order valence-electron chi connectivity index (χ1n) is 6.24. The highest BCUT2D eigenvalue weighted by atomic mass is 35.5. The van der Waals surface area contributed by atoms with Crippen LogP contribution in [-0.2, 0) is 9.84 Å². The molecule has 0 radical (unpaired) electrons. The normalized spacial score (nSPS) is 13.3. The smallest absolute Gasteiger partial charge is 0.247 e. The molecule has 2 aromatic rings. The van der Waals surface area contributed by atoms with Gasteiger partial charge in [-0.05, 0) is 25.1 Å². The standard InChI is InChI=1S/C13H15ClN2O3S2/c1-9(20-6-7-21(2,17)18)12-15-16-13(19-12)10-4-3-5-11(14)8-10/h3-5,8-9H,6-7H2,1-2H3/t9-/m0/s1. The first kappa shape index (κ1) is 16.3. The van der Waals surface area contributed by atoms with Crippen LogP contribution in [0, 0.1) is 0 Å². The predicted octanol–water partition coefficient (Wildman–Crippen LogP) is 3.23. The Morgan fingerprint density at radius 2 is 2.14 bits per heavy atom. The Morgan fingerprint density at radius 1 is 1.38 bits per heavy atom. The van der Waals surface area contributed by atoms with Crippen LogP contribution in [0.4, 0.5) is 0 Å². The van der Waals surface area contributed by atoms with Crippen molar-refractivity contribution in [3.8, 4) is 11.5 Å². The fraction of sp³-hybridized carbons (Fsp3) is 0.385. The first-order chi connectivity index (χ1) is 9.85. The van der Waals surface area contributed by atoms with Gasteiger partial charge in [-0.25, -0.2) is 8.42 Å². The van der Waals surface area contributed by atoms with Gasteiger partial charge in [-0.3, -0.25) is 0 Å². The molecule has 8 heteroatoms. The summed E-state index contributed by atoms with van der Waals surface area (Å²) in [4.78, 5) is 0. The topological polar surface area (TPSA) is 73.1 Å². The molecule has 0 unspecified atom stereocenters. The summed E-state index contributed by atoms with van der Waals surface area (Å²) in [6.07, 6.45) is 1.22.